The van der Waals surface area contributed by atoms with Gasteiger partial charge in [0.25, 0.3) is 5.56 Å². The van der Waals surface area contributed by atoms with E-state index in [1.807, 2.05) is 0 Å². The molecule has 0 saturated heterocycles. The van der Waals surface area contributed by atoms with E-state index < -0.39 is 0 Å². The molecule has 4 nitrogen and oxygen atoms in total. The zero-order chi connectivity index (χ0) is 11.5. The molecule has 0 spiro atoms. The van der Waals surface area contributed by atoms with E-state index in [9.17, 15) is 4.79 Å². The van der Waals surface area contributed by atoms with Crippen LogP contribution in [0.25, 0.3) is 0 Å². The smallest absolute Gasteiger partial charge is 0.267 e. The second-order valence-electron chi connectivity index (χ2n) is 4.51. The van der Waals surface area contributed by atoms with Crippen LogP contribution in [0.1, 0.15) is 32.6 Å². The van der Waals surface area contributed by atoms with Gasteiger partial charge in [-0.05, 0) is 34.7 Å². The molecule has 1 aliphatic rings. The highest BCUT2D eigenvalue weighted by Crippen LogP contribution is 2.26. The standard InChI is InChI=1S/C11H16BrN3O/c1-7-3-2-4-8(5-7)15-10-9(12)11(16)14-6-13-10/h6-8H,2-5H2,1H3,(H2,13,14,15,16). The number of nitrogens with one attached hydrogen (secondary N) is 2. The van der Waals surface area contributed by atoms with E-state index in [4.69, 9.17) is 0 Å². The minimum Gasteiger partial charge on any atom is -0.366 e. The average molecular weight is 286 g/mol. The number of nitrogens with zero attached hydrogens (tertiary/aromatic N) is 1. The summed E-state index contributed by atoms with van der Waals surface area (Å²) in [7, 11) is 0. The average Bonchev–Trinajstić information content (AvgIpc) is 2.25. The molecule has 2 N–H and O–H groups in total. The minimum atomic E-state index is -0.138. The van der Waals surface area contributed by atoms with Crippen LogP contribution in [0.3, 0.4) is 0 Å². The lowest BCUT2D eigenvalue weighted by Gasteiger charge is -2.27. The lowest BCUT2D eigenvalue weighted by molar-refractivity contribution is 0.358. The number of hydrogen-bond acceptors (Lipinski definition) is 3. The summed E-state index contributed by atoms with van der Waals surface area (Å²) in [5.74, 6) is 1.41. The van der Waals surface area contributed by atoms with E-state index in [0.29, 0.717) is 16.3 Å². The highest BCUT2D eigenvalue weighted by atomic mass is 79.9. The van der Waals surface area contributed by atoms with E-state index >= 15 is 0 Å². The summed E-state index contributed by atoms with van der Waals surface area (Å²) < 4.78 is 0.494. The van der Waals surface area contributed by atoms with Crippen molar-refractivity contribution in [2.75, 3.05) is 5.32 Å². The first-order valence-corrected chi connectivity index (χ1v) is 6.46. The van der Waals surface area contributed by atoms with Gasteiger partial charge in [0.15, 0.2) is 0 Å². The van der Waals surface area contributed by atoms with Crippen molar-refractivity contribution in [3.05, 3.63) is 21.2 Å². The summed E-state index contributed by atoms with van der Waals surface area (Å²) in [5, 5.41) is 3.34. The van der Waals surface area contributed by atoms with Gasteiger partial charge in [-0.3, -0.25) is 4.79 Å². The molecule has 0 amide bonds. The lowest BCUT2D eigenvalue weighted by Crippen LogP contribution is -2.27. The van der Waals surface area contributed by atoms with Gasteiger partial charge in [-0.1, -0.05) is 19.8 Å². The highest BCUT2D eigenvalue weighted by molar-refractivity contribution is 9.10. The van der Waals surface area contributed by atoms with Crippen molar-refractivity contribution in [2.24, 2.45) is 5.92 Å². The van der Waals surface area contributed by atoms with Crippen LogP contribution in [0.5, 0.6) is 0 Å². The molecule has 88 valence electrons. The van der Waals surface area contributed by atoms with Crippen molar-refractivity contribution in [1.82, 2.24) is 9.97 Å². The Morgan fingerprint density at radius 2 is 2.38 bits per heavy atom. The van der Waals surface area contributed by atoms with Crippen LogP contribution in [-0.4, -0.2) is 16.0 Å². The van der Waals surface area contributed by atoms with Crippen LogP contribution in [0.15, 0.2) is 15.6 Å². The molecule has 1 aromatic rings. The maximum Gasteiger partial charge on any atom is 0.267 e. The van der Waals surface area contributed by atoms with Gasteiger partial charge in [-0.2, -0.15) is 0 Å². The highest BCUT2D eigenvalue weighted by Gasteiger charge is 2.20. The van der Waals surface area contributed by atoms with Crippen molar-refractivity contribution in [2.45, 2.75) is 38.6 Å². The lowest BCUT2D eigenvalue weighted by atomic mass is 9.87. The summed E-state index contributed by atoms with van der Waals surface area (Å²) in [6.45, 7) is 2.27. The fraction of sp³-hybridized carbons (Fsp3) is 0.636. The van der Waals surface area contributed by atoms with Crippen molar-refractivity contribution >= 4 is 21.7 Å². The van der Waals surface area contributed by atoms with Crippen LogP contribution < -0.4 is 10.9 Å². The van der Waals surface area contributed by atoms with Gasteiger partial charge in [0.1, 0.15) is 10.3 Å². The number of aromatic nitrogens is 2. The van der Waals surface area contributed by atoms with Gasteiger partial charge in [0.2, 0.25) is 0 Å². The molecule has 0 radical (unpaired) electrons. The van der Waals surface area contributed by atoms with E-state index in [1.54, 1.807) is 0 Å². The Hall–Kier alpha value is -0.840. The first kappa shape index (κ1) is 11.6. The maximum atomic E-state index is 11.4. The number of hydrogen-bond donors (Lipinski definition) is 2. The SMILES string of the molecule is CC1CCCC(Nc2nc[nH]c(=O)c2Br)C1. The Morgan fingerprint density at radius 1 is 1.56 bits per heavy atom. The third-order valence-electron chi connectivity index (χ3n) is 3.07. The normalized spacial score (nSPS) is 25.4. The molecule has 1 aliphatic carbocycles. The number of halogens is 1. The van der Waals surface area contributed by atoms with Crippen molar-refractivity contribution < 1.29 is 0 Å². The second kappa shape index (κ2) is 4.99. The number of H-pyrrole nitrogens is 1. The van der Waals surface area contributed by atoms with E-state index in [2.05, 4.69) is 38.1 Å². The van der Waals surface area contributed by atoms with E-state index in [1.165, 1.54) is 19.2 Å². The van der Waals surface area contributed by atoms with Crippen LogP contribution in [-0.2, 0) is 0 Å². The molecule has 5 heteroatoms. The Balaban J connectivity index is 2.08. The molecular formula is C11H16BrN3O. The molecule has 2 unspecified atom stereocenters. The molecule has 1 heterocycles. The molecule has 0 aliphatic heterocycles. The van der Waals surface area contributed by atoms with Crippen molar-refractivity contribution in [3.8, 4) is 0 Å². The molecule has 0 aromatic carbocycles. The van der Waals surface area contributed by atoms with Gasteiger partial charge in [0, 0.05) is 6.04 Å². The molecule has 2 rings (SSSR count). The summed E-state index contributed by atoms with van der Waals surface area (Å²) >= 11 is 3.25. The molecule has 1 fully saturated rings. The fourth-order valence-electron chi connectivity index (χ4n) is 2.24. The Bertz CT molecular complexity index is 418. The largest absolute Gasteiger partial charge is 0.366 e. The van der Waals surface area contributed by atoms with Gasteiger partial charge in [0.05, 0.1) is 6.33 Å². The summed E-state index contributed by atoms with van der Waals surface area (Å²) in [6, 6.07) is 0.439. The fourth-order valence-corrected chi connectivity index (χ4v) is 2.57. The van der Waals surface area contributed by atoms with Crippen LogP contribution in [0.2, 0.25) is 0 Å². The van der Waals surface area contributed by atoms with E-state index in [-0.39, 0.29) is 5.56 Å². The Morgan fingerprint density at radius 3 is 3.12 bits per heavy atom. The van der Waals surface area contributed by atoms with E-state index in [0.717, 1.165) is 18.8 Å². The topological polar surface area (TPSA) is 57.8 Å². The minimum absolute atomic E-state index is 0.138. The summed E-state index contributed by atoms with van der Waals surface area (Å²) in [5.41, 5.74) is -0.138. The van der Waals surface area contributed by atoms with Crippen LogP contribution >= 0.6 is 15.9 Å². The van der Waals surface area contributed by atoms with Crippen LogP contribution in [0.4, 0.5) is 5.82 Å². The molecule has 0 bridgehead atoms. The summed E-state index contributed by atoms with van der Waals surface area (Å²) in [4.78, 5) is 18.0. The zero-order valence-corrected chi connectivity index (χ0v) is 10.9. The predicted octanol–water partition coefficient (Wildman–Crippen LogP) is 2.52. The quantitative estimate of drug-likeness (QED) is 0.878. The summed E-state index contributed by atoms with van der Waals surface area (Å²) in [6.07, 6.45) is 6.30. The predicted molar refractivity (Wildman–Crippen MR) is 67.6 cm³/mol. The van der Waals surface area contributed by atoms with Crippen LogP contribution in [0, 0.1) is 5.92 Å². The molecular weight excluding hydrogens is 270 g/mol. The first-order chi connectivity index (χ1) is 7.66. The van der Waals surface area contributed by atoms with Crippen molar-refractivity contribution in [1.29, 1.82) is 0 Å². The van der Waals surface area contributed by atoms with Gasteiger partial charge in [-0.15, -0.1) is 0 Å². The monoisotopic (exact) mass is 285 g/mol. The number of anilines is 1. The van der Waals surface area contributed by atoms with Crippen molar-refractivity contribution in [3.63, 3.8) is 0 Å². The third kappa shape index (κ3) is 2.64. The molecule has 1 aromatic heterocycles. The Labute approximate surface area is 103 Å². The first-order valence-electron chi connectivity index (χ1n) is 5.66. The third-order valence-corrected chi connectivity index (χ3v) is 3.81. The molecule has 16 heavy (non-hydrogen) atoms. The number of rotatable bonds is 2. The second-order valence-corrected chi connectivity index (χ2v) is 5.30. The Kier molecular flexibility index (Phi) is 3.63. The molecule has 2 atom stereocenters. The maximum absolute atomic E-state index is 11.4. The van der Waals surface area contributed by atoms with Gasteiger partial charge in [-0.25, -0.2) is 4.98 Å². The number of aromatic amines is 1. The van der Waals surface area contributed by atoms with Gasteiger partial charge >= 0.3 is 0 Å². The zero-order valence-electron chi connectivity index (χ0n) is 9.29. The van der Waals surface area contributed by atoms with Gasteiger partial charge < -0.3 is 10.3 Å². The molecule has 1 saturated carbocycles.